The summed E-state index contributed by atoms with van der Waals surface area (Å²) in [5, 5.41) is 0. The zero-order valence-electron chi connectivity index (χ0n) is 10.3. The molecule has 1 atom stereocenters. The number of morpholine rings is 1. The van der Waals surface area contributed by atoms with Crippen LogP contribution < -0.4 is 10.5 Å². The van der Waals surface area contributed by atoms with Crippen molar-refractivity contribution in [1.29, 1.82) is 0 Å². The first-order valence-corrected chi connectivity index (χ1v) is 6.01. The van der Waals surface area contributed by atoms with Gasteiger partial charge in [0.1, 0.15) is 5.75 Å². The van der Waals surface area contributed by atoms with Gasteiger partial charge >= 0.3 is 0 Å². The van der Waals surface area contributed by atoms with Crippen molar-refractivity contribution in [2.45, 2.75) is 6.04 Å². The van der Waals surface area contributed by atoms with Crippen LogP contribution in [0.1, 0.15) is 11.6 Å². The molecule has 1 aliphatic rings. The molecule has 1 aromatic carbocycles. The summed E-state index contributed by atoms with van der Waals surface area (Å²) < 4.78 is 10.8. The second-order valence-electron chi connectivity index (χ2n) is 4.14. The van der Waals surface area contributed by atoms with Crippen LogP contribution in [-0.2, 0) is 4.74 Å². The fourth-order valence-corrected chi connectivity index (χ4v) is 2.30. The molecule has 0 spiro atoms. The molecule has 1 heterocycles. The fraction of sp³-hybridized carbons (Fsp3) is 0.538. The molecule has 0 amide bonds. The Morgan fingerprint density at radius 3 is 2.71 bits per heavy atom. The Kier molecular flexibility index (Phi) is 4.36. The van der Waals surface area contributed by atoms with E-state index in [1.165, 1.54) is 5.56 Å². The van der Waals surface area contributed by atoms with Crippen molar-refractivity contribution in [3.05, 3.63) is 29.8 Å². The summed E-state index contributed by atoms with van der Waals surface area (Å²) in [4.78, 5) is 2.36. The van der Waals surface area contributed by atoms with Gasteiger partial charge in [-0.25, -0.2) is 0 Å². The zero-order valence-corrected chi connectivity index (χ0v) is 10.3. The highest BCUT2D eigenvalue weighted by atomic mass is 16.5. The Labute approximate surface area is 102 Å². The van der Waals surface area contributed by atoms with Crippen molar-refractivity contribution in [1.82, 2.24) is 4.90 Å². The molecular formula is C13H20N2O2. The predicted molar refractivity (Wildman–Crippen MR) is 67.2 cm³/mol. The number of methoxy groups -OCH3 is 1. The third-order valence-electron chi connectivity index (χ3n) is 3.21. The van der Waals surface area contributed by atoms with Crippen LogP contribution >= 0.6 is 0 Å². The number of nitrogens with zero attached hydrogens (tertiary/aromatic N) is 1. The SMILES string of the molecule is COc1ccccc1[C@H](CN)N1CCOCC1. The van der Waals surface area contributed by atoms with E-state index in [0.29, 0.717) is 6.54 Å². The van der Waals surface area contributed by atoms with Crippen molar-refractivity contribution in [3.63, 3.8) is 0 Å². The quantitative estimate of drug-likeness (QED) is 0.848. The minimum Gasteiger partial charge on any atom is -0.496 e. The van der Waals surface area contributed by atoms with Crippen LogP contribution in [0.25, 0.3) is 0 Å². The lowest BCUT2D eigenvalue weighted by Crippen LogP contribution is -2.41. The van der Waals surface area contributed by atoms with Crippen molar-refractivity contribution >= 4 is 0 Å². The first-order chi connectivity index (χ1) is 8.36. The van der Waals surface area contributed by atoms with Crippen LogP contribution in [0, 0.1) is 0 Å². The maximum atomic E-state index is 5.92. The van der Waals surface area contributed by atoms with Crippen LogP contribution in [0.2, 0.25) is 0 Å². The molecule has 94 valence electrons. The van der Waals surface area contributed by atoms with E-state index in [9.17, 15) is 0 Å². The van der Waals surface area contributed by atoms with Crippen molar-refractivity contribution < 1.29 is 9.47 Å². The Hall–Kier alpha value is -1.10. The van der Waals surface area contributed by atoms with E-state index in [1.54, 1.807) is 7.11 Å². The number of rotatable bonds is 4. The van der Waals surface area contributed by atoms with E-state index in [1.807, 2.05) is 18.2 Å². The van der Waals surface area contributed by atoms with Crippen molar-refractivity contribution in [3.8, 4) is 5.75 Å². The highest BCUT2D eigenvalue weighted by Gasteiger charge is 2.23. The average Bonchev–Trinajstić information content (AvgIpc) is 2.41. The summed E-state index contributed by atoms with van der Waals surface area (Å²) in [5.41, 5.74) is 7.09. The van der Waals surface area contributed by atoms with E-state index in [4.69, 9.17) is 15.2 Å². The Bertz CT molecular complexity index is 351. The second kappa shape index (κ2) is 6.00. The first kappa shape index (κ1) is 12.4. The van der Waals surface area contributed by atoms with Gasteiger partial charge in [-0.3, -0.25) is 4.90 Å². The molecule has 2 rings (SSSR count). The average molecular weight is 236 g/mol. The molecule has 2 N–H and O–H groups in total. The third kappa shape index (κ3) is 2.77. The number of hydrogen-bond donors (Lipinski definition) is 1. The lowest BCUT2D eigenvalue weighted by Gasteiger charge is -2.34. The number of ether oxygens (including phenoxy) is 2. The topological polar surface area (TPSA) is 47.7 Å². The zero-order chi connectivity index (χ0) is 12.1. The minimum atomic E-state index is 0.218. The van der Waals surface area contributed by atoms with Gasteiger partial charge in [0, 0.05) is 25.2 Å². The molecule has 17 heavy (non-hydrogen) atoms. The van der Waals surface area contributed by atoms with E-state index < -0.39 is 0 Å². The molecule has 0 bridgehead atoms. The molecule has 0 unspecified atom stereocenters. The minimum absolute atomic E-state index is 0.218. The summed E-state index contributed by atoms with van der Waals surface area (Å²) in [7, 11) is 1.70. The number of hydrogen-bond acceptors (Lipinski definition) is 4. The van der Waals surface area contributed by atoms with Gasteiger partial charge in [0.05, 0.1) is 26.4 Å². The molecule has 0 radical (unpaired) electrons. The van der Waals surface area contributed by atoms with Gasteiger partial charge < -0.3 is 15.2 Å². The highest BCUT2D eigenvalue weighted by molar-refractivity contribution is 5.36. The highest BCUT2D eigenvalue weighted by Crippen LogP contribution is 2.28. The van der Waals surface area contributed by atoms with E-state index in [2.05, 4.69) is 11.0 Å². The standard InChI is InChI=1S/C13H20N2O2/c1-16-13-5-3-2-4-11(13)12(10-14)15-6-8-17-9-7-15/h2-5,12H,6-10,14H2,1H3/t12-/m0/s1. The smallest absolute Gasteiger partial charge is 0.123 e. The molecule has 1 aliphatic heterocycles. The predicted octanol–water partition coefficient (Wildman–Crippen LogP) is 1.03. The molecule has 0 aliphatic carbocycles. The van der Waals surface area contributed by atoms with Crippen molar-refractivity contribution in [2.75, 3.05) is 40.0 Å². The fourth-order valence-electron chi connectivity index (χ4n) is 2.30. The van der Waals surface area contributed by atoms with Crippen molar-refractivity contribution in [2.24, 2.45) is 5.73 Å². The van der Waals surface area contributed by atoms with Crippen LogP contribution in [-0.4, -0.2) is 44.9 Å². The number of benzene rings is 1. The van der Waals surface area contributed by atoms with Gasteiger partial charge in [-0.05, 0) is 6.07 Å². The van der Waals surface area contributed by atoms with Gasteiger partial charge in [-0.15, -0.1) is 0 Å². The Morgan fingerprint density at radius 1 is 1.35 bits per heavy atom. The van der Waals surface area contributed by atoms with Crippen LogP contribution in [0.15, 0.2) is 24.3 Å². The maximum Gasteiger partial charge on any atom is 0.123 e. The first-order valence-electron chi connectivity index (χ1n) is 6.01. The lowest BCUT2D eigenvalue weighted by atomic mass is 10.0. The maximum absolute atomic E-state index is 5.92. The molecule has 0 aromatic heterocycles. The molecule has 1 saturated heterocycles. The van der Waals surface area contributed by atoms with Gasteiger partial charge in [-0.1, -0.05) is 18.2 Å². The summed E-state index contributed by atoms with van der Waals surface area (Å²) in [6.07, 6.45) is 0. The van der Waals surface area contributed by atoms with E-state index >= 15 is 0 Å². The molecule has 4 heteroatoms. The number of nitrogens with two attached hydrogens (primary N) is 1. The normalized spacial score (nSPS) is 18.9. The van der Waals surface area contributed by atoms with E-state index in [0.717, 1.165) is 32.1 Å². The van der Waals surface area contributed by atoms with Crippen LogP contribution in [0.5, 0.6) is 5.75 Å². The van der Waals surface area contributed by atoms with Crippen LogP contribution in [0.3, 0.4) is 0 Å². The summed E-state index contributed by atoms with van der Waals surface area (Å²) in [6, 6.07) is 8.30. The van der Waals surface area contributed by atoms with Gasteiger partial charge in [0.15, 0.2) is 0 Å². The van der Waals surface area contributed by atoms with Gasteiger partial charge in [0.25, 0.3) is 0 Å². The van der Waals surface area contributed by atoms with Gasteiger partial charge in [-0.2, -0.15) is 0 Å². The van der Waals surface area contributed by atoms with E-state index in [-0.39, 0.29) is 6.04 Å². The Morgan fingerprint density at radius 2 is 2.06 bits per heavy atom. The second-order valence-corrected chi connectivity index (χ2v) is 4.14. The number of para-hydroxylation sites is 1. The monoisotopic (exact) mass is 236 g/mol. The van der Waals surface area contributed by atoms with Crippen LogP contribution in [0.4, 0.5) is 0 Å². The largest absolute Gasteiger partial charge is 0.496 e. The molecule has 1 aromatic rings. The third-order valence-corrected chi connectivity index (χ3v) is 3.21. The molecule has 0 saturated carbocycles. The van der Waals surface area contributed by atoms with Gasteiger partial charge in [0.2, 0.25) is 0 Å². The molecule has 1 fully saturated rings. The molecular weight excluding hydrogens is 216 g/mol. The Balaban J connectivity index is 2.21. The molecule has 4 nitrogen and oxygen atoms in total. The summed E-state index contributed by atoms with van der Waals surface area (Å²) in [6.45, 7) is 4.03. The summed E-state index contributed by atoms with van der Waals surface area (Å²) in [5.74, 6) is 0.912. The summed E-state index contributed by atoms with van der Waals surface area (Å²) >= 11 is 0. The lowest BCUT2D eigenvalue weighted by molar-refractivity contribution is 0.0174.